The number of nitrogens with zero attached hydrogens (tertiary/aromatic N) is 6. The fourth-order valence-corrected chi connectivity index (χ4v) is 1.15. The van der Waals surface area contributed by atoms with E-state index in [9.17, 15) is 15.2 Å². The highest BCUT2D eigenvalue weighted by Crippen LogP contribution is 2.21. The fourth-order valence-electron chi connectivity index (χ4n) is 1.15. The van der Waals surface area contributed by atoms with E-state index in [2.05, 4.69) is 31.2 Å². The number of aromatic hydroxyl groups is 1. The number of hydrogen-bond acceptors (Lipinski definition) is 9. The topological polar surface area (TPSA) is 137 Å². The smallest absolute Gasteiger partial charge is 0.270 e. The predicted molar refractivity (Wildman–Crippen MR) is 59.0 cm³/mol. The van der Waals surface area contributed by atoms with Gasteiger partial charge in [0.25, 0.3) is 12.0 Å². The predicted octanol–water partition coefficient (Wildman–Crippen LogP) is 1.34. The van der Waals surface area contributed by atoms with Crippen LogP contribution in [0, 0.1) is 10.1 Å². The van der Waals surface area contributed by atoms with Gasteiger partial charge in [0.2, 0.25) is 0 Å². The van der Waals surface area contributed by atoms with E-state index in [4.69, 9.17) is 0 Å². The van der Waals surface area contributed by atoms with Crippen molar-refractivity contribution in [2.45, 2.75) is 6.29 Å². The molecule has 1 aromatic rings. The van der Waals surface area contributed by atoms with Gasteiger partial charge >= 0.3 is 0 Å². The van der Waals surface area contributed by atoms with Crippen molar-refractivity contribution in [3.8, 4) is 5.75 Å². The summed E-state index contributed by atoms with van der Waals surface area (Å²) in [4.78, 5) is 9.99. The summed E-state index contributed by atoms with van der Waals surface area (Å²) in [6, 6.07) is 3.60. The van der Waals surface area contributed by atoms with Crippen molar-refractivity contribution in [2.24, 2.45) is 25.8 Å². The first kappa shape index (κ1) is 11.6. The summed E-state index contributed by atoms with van der Waals surface area (Å²) in [6.45, 7) is 0. The van der Waals surface area contributed by atoms with Gasteiger partial charge < -0.3 is 5.11 Å². The first-order valence-corrected chi connectivity index (χ1v) is 4.73. The van der Waals surface area contributed by atoms with Crippen molar-refractivity contribution >= 4 is 11.9 Å². The molecular weight excluding hydrogens is 242 g/mol. The Hall–Kier alpha value is -2.91. The molecule has 10 heteroatoms. The minimum absolute atomic E-state index is 0.124. The van der Waals surface area contributed by atoms with Gasteiger partial charge in [-0.25, -0.2) is 0 Å². The van der Waals surface area contributed by atoms with Gasteiger partial charge in [0, 0.05) is 17.7 Å². The number of nitro groups is 1. The van der Waals surface area contributed by atoms with E-state index >= 15 is 0 Å². The molecule has 18 heavy (non-hydrogen) atoms. The van der Waals surface area contributed by atoms with Gasteiger partial charge in [-0.1, -0.05) is 0 Å². The summed E-state index contributed by atoms with van der Waals surface area (Å²) < 4.78 is 0. The van der Waals surface area contributed by atoms with E-state index in [1.807, 2.05) is 0 Å². The molecule has 0 aliphatic carbocycles. The Morgan fingerprint density at radius 1 is 1.44 bits per heavy atom. The van der Waals surface area contributed by atoms with Crippen molar-refractivity contribution in [1.82, 2.24) is 5.43 Å². The maximum atomic E-state index is 10.6. The zero-order valence-corrected chi connectivity index (χ0v) is 8.83. The van der Waals surface area contributed by atoms with Crippen LogP contribution in [0.2, 0.25) is 0 Å². The third-order valence-corrected chi connectivity index (χ3v) is 1.98. The van der Waals surface area contributed by atoms with Gasteiger partial charge in [0.15, 0.2) is 0 Å². The van der Waals surface area contributed by atoms with Crippen LogP contribution in [0.15, 0.2) is 44.0 Å². The molecule has 2 rings (SSSR count). The Bertz CT molecular complexity index is 542. The molecule has 1 heterocycles. The van der Waals surface area contributed by atoms with E-state index in [0.29, 0.717) is 0 Å². The molecule has 0 saturated carbocycles. The summed E-state index contributed by atoms with van der Waals surface area (Å²) in [7, 11) is 0. The van der Waals surface area contributed by atoms with Crippen LogP contribution in [0.25, 0.3) is 0 Å². The summed E-state index contributed by atoms with van der Waals surface area (Å²) in [5, 5.41) is 37.3. The Kier molecular flexibility index (Phi) is 3.18. The zero-order valence-electron chi connectivity index (χ0n) is 8.83. The minimum Gasteiger partial charge on any atom is -0.507 e. The standard InChI is InChI=1S/C8H7N7O3/c16-7-2-1-6(15(17)18)3-5(7)4-9-10-8-11-13-14-12-8/h1-4,8,10,16H. The molecule has 0 saturated heterocycles. The molecule has 1 aliphatic rings. The van der Waals surface area contributed by atoms with E-state index in [1.165, 1.54) is 24.4 Å². The zero-order chi connectivity index (χ0) is 13.0. The molecule has 0 spiro atoms. The summed E-state index contributed by atoms with van der Waals surface area (Å²) in [5.74, 6) is -0.124. The first-order valence-electron chi connectivity index (χ1n) is 4.73. The van der Waals surface area contributed by atoms with Gasteiger partial charge in [0.05, 0.1) is 11.1 Å². The van der Waals surface area contributed by atoms with E-state index in [1.54, 1.807) is 0 Å². The van der Waals surface area contributed by atoms with Crippen molar-refractivity contribution in [3.63, 3.8) is 0 Å². The van der Waals surface area contributed by atoms with Crippen molar-refractivity contribution in [3.05, 3.63) is 33.9 Å². The number of hydrazone groups is 1. The molecule has 0 bridgehead atoms. The van der Waals surface area contributed by atoms with Gasteiger partial charge in [-0.2, -0.15) is 5.10 Å². The molecule has 2 N–H and O–H groups in total. The van der Waals surface area contributed by atoms with Gasteiger partial charge in [0.1, 0.15) is 5.75 Å². The van der Waals surface area contributed by atoms with Gasteiger partial charge in [-0.15, -0.1) is 10.2 Å². The molecule has 0 amide bonds. The number of nitrogens with one attached hydrogen (secondary N) is 1. The Balaban J connectivity index is 2.09. The van der Waals surface area contributed by atoms with Crippen molar-refractivity contribution < 1.29 is 10.0 Å². The second-order valence-corrected chi connectivity index (χ2v) is 3.17. The lowest BCUT2D eigenvalue weighted by Gasteiger charge is -2.00. The third kappa shape index (κ3) is 2.61. The largest absolute Gasteiger partial charge is 0.507 e. The number of phenolic OH excluding ortho intramolecular Hbond substituents is 1. The molecule has 0 unspecified atom stereocenters. The summed E-state index contributed by atoms with van der Waals surface area (Å²) >= 11 is 0. The lowest BCUT2D eigenvalue weighted by atomic mass is 10.2. The van der Waals surface area contributed by atoms with Crippen molar-refractivity contribution in [1.29, 1.82) is 0 Å². The average Bonchev–Trinajstić information content (AvgIpc) is 2.84. The van der Waals surface area contributed by atoms with Gasteiger partial charge in [-0.3, -0.25) is 15.5 Å². The van der Waals surface area contributed by atoms with Gasteiger partial charge in [-0.05, 0) is 16.5 Å². The third-order valence-electron chi connectivity index (χ3n) is 1.98. The molecular formula is C8H7N7O3. The second-order valence-electron chi connectivity index (χ2n) is 3.17. The van der Waals surface area contributed by atoms with Crippen LogP contribution in [-0.4, -0.2) is 22.5 Å². The maximum Gasteiger partial charge on any atom is 0.270 e. The molecule has 0 fully saturated rings. The van der Waals surface area contributed by atoms with Crippen LogP contribution in [0.5, 0.6) is 5.75 Å². The van der Waals surface area contributed by atoms with E-state index in [-0.39, 0.29) is 17.0 Å². The maximum absolute atomic E-state index is 10.6. The van der Waals surface area contributed by atoms with Crippen LogP contribution in [0.4, 0.5) is 5.69 Å². The van der Waals surface area contributed by atoms with Crippen LogP contribution < -0.4 is 5.43 Å². The second kappa shape index (κ2) is 4.95. The molecule has 0 aromatic heterocycles. The highest BCUT2D eigenvalue weighted by Gasteiger charge is 2.09. The van der Waals surface area contributed by atoms with E-state index < -0.39 is 11.2 Å². The Labute approximate surface area is 99.9 Å². The lowest BCUT2D eigenvalue weighted by Crippen LogP contribution is -2.17. The lowest BCUT2D eigenvalue weighted by molar-refractivity contribution is -0.384. The highest BCUT2D eigenvalue weighted by molar-refractivity contribution is 5.84. The monoisotopic (exact) mass is 249 g/mol. The molecule has 1 aromatic carbocycles. The first-order chi connectivity index (χ1) is 8.66. The van der Waals surface area contributed by atoms with E-state index in [0.717, 1.165) is 0 Å². The van der Waals surface area contributed by atoms with Crippen molar-refractivity contribution in [2.75, 3.05) is 0 Å². The SMILES string of the molecule is O=[N+]([O-])c1ccc(O)c(C=NNC2N=NN=N2)c1. The summed E-state index contributed by atoms with van der Waals surface area (Å²) in [6.07, 6.45) is 0.508. The number of hydrogen-bond donors (Lipinski definition) is 2. The minimum atomic E-state index is -0.706. The van der Waals surface area contributed by atoms with Crippen LogP contribution in [0.3, 0.4) is 0 Å². The molecule has 92 valence electrons. The number of nitro benzene ring substituents is 1. The normalized spacial score (nSPS) is 14.4. The average molecular weight is 249 g/mol. The Morgan fingerprint density at radius 2 is 2.17 bits per heavy atom. The molecule has 1 aliphatic heterocycles. The van der Waals surface area contributed by atoms with Crippen LogP contribution in [0.1, 0.15) is 5.56 Å². The molecule has 10 nitrogen and oxygen atoms in total. The van der Waals surface area contributed by atoms with Crippen LogP contribution in [-0.2, 0) is 0 Å². The summed E-state index contributed by atoms with van der Waals surface area (Å²) in [5.41, 5.74) is 2.53. The van der Waals surface area contributed by atoms with Crippen LogP contribution >= 0.6 is 0 Å². The number of non-ortho nitro benzene ring substituents is 1. The number of benzene rings is 1. The fraction of sp³-hybridized carbons (Fsp3) is 0.125. The molecule has 0 radical (unpaired) electrons. The number of phenols is 1. The Morgan fingerprint density at radius 3 is 2.83 bits per heavy atom. The highest BCUT2D eigenvalue weighted by atomic mass is 16.6. The quantitative estimate of drug-likeness (QED) is 0.472. The molecule has 0 atom stereocenters. The number of rotatable bonds is 4.